The summed E-state index contributed by atoms with van der Waals surface area (Å²) in [5, 5.41) is 11.5. The maximum Gasteiger partial charge on any atom is 0.326 e. The van der Waals surface area contributed by atoms with Crippen molar-refractivity contribution < 1.29 is 9.90 Å². The molecule has 0 aliphatic carbocycles. The van der Waals surface area contributed by atoms with Gasteiger partial charge in [0.05, 0.1) is 5.69 Å². The SMILES string of the molecule is CCC1CCCN1c1nc(C(N)C(=O)O)cs1. The number of carboxylic acid groups (broad SMARTS) is 1. The van der Waals surface area contributed by atoms with Crippen LogP contribution in [0.2, 0.25) is 0 Å². The Morgan fingerprint density at radius 2 is 2.59 bits per heavy atom. The first-order valence-corrected chi connectivity index (χ1v) is 6.72. The van der Waals surface area contributed by atoms with E-state index >= 15 is 0 Å². The third-order valence-corrected chi connectivity index (χ3v) is 4.08. The van der Waals surface area contributed by atoms with E-state index in [1.165, 1.54) is 24.2 Å². The van der Waals surface area contributed by atoms with Gasteiger partial charge in [0.2, 0.25) is 0 Å². The Balaban J connectivity index is 2.15. The van der Waals surface area contributed by atoms with Crippen molar-refractivity contribution in [2.45, 2.75) is 38.3 Å². The summed E-state index contributed by atoms with van der Waals surface area (Å²) < 4.78 is 0. The molecule has 0 radical (unpaired) electrons. The maximum atomic E-state index is 10.8. The Morgan fingerprint density at radius 1 is 1.82 bits per heavy atom. The number of nitrogens with zero attached hydrogens (tertiary/aromatic N) is 2. The highest BCUT2D eigenvalue weighted by atomic mass is 32.1. The first kappa shape index (κ1) is 12.3. The van der Waals surface area contributed by atoms with Crippen LogP contribution in [0.1, 0.15) is 37.9 Å². The normalized spacial score (nSPS) is 21.8. The van der Waals surface area contributed by atoms with Gasteiger partial charge in [0.15, 0.2) is 5.13 Å². The van der Waals surface area contributed by atoms with Crippen LogP contribution in [0.4, 0.5) is 5.13 Å². The second-order valence-corrected chi connectivity index (χ2v) is 5.11. The average Bonchev–Trinajstić information content (AvgIpc) is 2.95. The van der Waals surface area contributed by atoms with Crippen LogP contribution in [0.3, 0.4) is 0 Å². The van der Waals surface area contributed by atoms with Crippen LogP contribution in [0.5, 0.6) is 0 Å². The van der Waals surface area contributed by atoms with Crippen LogP contribution in [-0.2, 0) is 4.79 Å². The highest BCUT2D eigenvalue weighted by Crippen LogP contribution is 2.30. The fourth-order valence-electron chi connectivity index (χ4n) is 2.19. The van der Waals surface area contributed by atoms with Gasteiger partial charge in [-0.15, -0.1) is 11.3 Å². The van der Waals surface area contributed by atoms with Crippen molar-refractivity contribution in [3.05, 3.63) is 11.1 Å². The van der Waals surface area contributed by atoms with Crippen molar-refractivity contribution in [3.8, 4) is 0 Å². The van der Waals surface area contributed by atoms with Crippen LogP contribution in [0.25, 0.3) is 0 Å². The molecule has 1 saturated heterocycles. The average molecular weight is 255 g/mol. The van der Waals surface area contributed by atoms with E-state index in [9.17, 15) is 4.79 Å². The smallest absolute Gasteiger partial charge is 0.326 e. The van der Waals surface area contributed by atoms with Gasteiger partial charge < -0.3 is 15.7 Å². The summed E-state index contributed by atoms with van der Waals surface area (Å²) in [6, 6.07) is -0.474. The molecule has 1 fully saturated rings. The number of carbonyl (C=O) groups is 1. The molecule has 1 aromatic heterocycles. The zero-order valence-electron chi connectivity index (χ0n) is 9.80. The monoisotopic (exact) mass is 255 g/mol. The molecule has 1 aromatic rings. The number of rotatable bonds is 4. The number of anilines is 1. The standard InChI is InChI=1S/C11H17N3O2S/c1-2-7-4-3-5-14(7)11-13-8(6-17-11)9(12)10(15)16/h6-7,9H,2-5,12H2,1H3,(H,15,16). The molecule has 94 valence electrons. The van der Waals surface area contributed by atoms with Crippen molar-refractivity contribution in [3.63, 3.8) is 0 Å². The topological polar surface area (TPSA) is 79.5 Å². The van der Waals surface area contributed by atoms with Crippen molar-refractivity contribution in [1.82, 2.24) is 4.98 Å². The number of nitrogens with two attached hydrogens (primary N) is 1. The van der Waals surface area contributed by atoms with Gasteiger partial charge in [-0.3, -0.25) is 4.79 Å². The molecule has 17 heavy (non-hydrogen) atoms. The number of hydrogen-bond donors (Lipinski definition) is 2. The lowest BCUT2D eigenvalue weighted by atomic mass is 10.2. The Bertz CT molecular complexity index is 407. The van der Waals surface area contributed by atoms with Crippen LogP contribution >= 0.6 is 11.3 Å². The van der Waals surface area contributed by atoms with Gasteiger partial charge in [-0.25, -0.2) is 4.98 Å². The zero-order valence-corrected chi connectivity index (χ0v) is 10.6. The fraction of sp³-hybridized carbons (Fsp3) is 0.636. The summed E-state index contributed by atoms with van der Waals surface area (Å²) >= 11 is 1.48. The number of carboxylic acids is 1. The lowest BCUT2D eigenvalue weighted by Gasteiger charge is -2.22. The van der Waals surface area contributed by atoms with E-state index in [0.29, 0.717) is 11.7 Å². The van der Waals surface area contributed by atoms with Gasteiger partial charge >= 0.3 is 5.97 Å². The molecule has 1 aliphatic heterocycles. The summed E-state index contributed by atoms with van der Waals surface area (Å²) in [5.74, 6) is -1.03. The third kappa shape index (κ3) is 2.42. The minimum atomic E-state index is -1.03. The minimum Gasteiger partial charge on any atom is -0.480 e. The van der Waals surface area contributed by atoms with E-state index in [1.807, 2.05) is 0 Å². The van der Waals surface area contributed by atoms with Crippen LogP contribution in [0.15, 0.2) is 5.38 Å². The maximum absolute atomic E-state index is 10.8. The summed E-state index contributed by atoms with van der Waals surface area (Å²) in [6.07, 6.45) is 3.47. The van der Waals surface area contributed by atoms with Crippen molar-refractivity contribution in [2.24, 2.45) is 5.73 Å². The molecule has 0 saturated carbocycles. The minimum absolute atomic E-state index is 0.458. The largest absolute Gasteiger partial charge is 0.480 e. The molecule has 2 rings (SSSR count). The highest BCUT2D eigenvalue weighted by Gasteiger charge is 2.26. The molecule has 3 N–H and O–H groups in total. The Kier molecular flexibility index (Phi) is 3.63. The van der Waals surface area contributed by atoms with E-state index in [-0.39, 0.29) is 0 Å². The first-order chi connectivity index (χ1) is 8.13. The Hall–Kier alpha value is -1.14. The summed E-state index contributed by atoms with van der Waals surface area (Å²) in [7, 11) is 0. The molecular weight excluding hydrogens is 238 g/mol. The molecule has 0 amide bonds. The van der Waals surface area contributed by atoms with Gasteiger partial charge in [-0.2, -0.15) is 0 Å². The Labute approximate surface area is 104 Å². The van der Waals surface area contributed by atoms with Gasteiger partial charge in [0.1, 0.15) is 6.04 Å². The number of hydrogen-bond acceptors (Lipinski definition) is 5. The van der Waals surface area contributed by atoms with Gasteiger partial charge in [-0.05, 0) is 19.3 Å². The van der Waals surface area contributed by atoms with Gasteiger partial charge in [-0.1, -0.05) is 6.92 Å². The Morgan fingerprint density at radius 3 is 3.24 bits per heavy atom. The molecule has 0 spiro atoms. The van der Waals surface area contributed by atoms with Crippen molar-refractivity contribution in [1.29, 1.82) is 0 Å². The van der Waals surface area contributed by atoms with Crippen molar-refractivity contribution >= 4 is 22.4 Å². The lowest BCUT2D eigenvalue weighted by Crippen LogP contribution is -2.28. The molecule has 2 heterocycles. The second-order valence-electron chi connectivity index (χ2n) is 4.27. The van der Waals surface area contributed by atoms with Crippen LogP contribution in [0, 0.1) is 0 Å². The molecule has 5 nitrogen and oxygen atoms in total. The van der Waals surface area contributed by atoms with Crippen LogP contribution < -0.4 is 10.6 Å². The number of aromatic nitrogens is 1. The first-order valence-electron chi connectivity index (χ1n) is 5.84. The van der Waals surface area contributed by atoms with Crippen LogP contribution in [-0.4, -0.2) is 28.6 Å². The molecule has 6 heteroatoms. The molecule has 1 aliphatic rings. The van der Waals surface area contributed by atoms with E-state index < -0.39 is 12.0 Å². The third-order valence-electron chi connectivity index (χ3n) is 3.19. The zero-order chi connectivity index (χ0) is 12.4. The van der Waals surface area contributed by atoms with E-state index in [4.69, 9.17) is 10.8 Å². The van der Waals surface area contributed by atoms with Gasteiger partial charge in [0, 0.05) is 18.0 Å². The quantitative estimate of drug-likeness (QED) is 0.854. The van der Waals surface area contributed by atoms with E-state index in [2.05, 4.69) is 16.8 Å². The highest BCUT2D eigenvalue weighted by molar-refractivity contribution is 7.13. The molecule has 0 aromatic carbocycles. The molecular formula is C11H17N3O2S. The fourth-order valence-corrected chi connectivity index (χ4v) is 3.15. The van der Waals surface area contributed by atoms with Crippen molar-refractivity contribution in [2.75, 3.05) is 11.4 Å². The number of thiazole rings is 1. The lowest BCUT2D eigenvalue weighted by molar-refractivity contribution is -0.138. The predicted octanol–water partition coefficient (Wildman–Crippen LogP) is 1.61. The van der Waals surface area contributed by atoms with Gasteiger partial charge in [0.25, 0.3) is 0 Å². The second kappa shape index (κ2) is 5.01. The molecule has 2 unspecified atom stereocenters. The summed E-state index contributed by atoms with van der Waals surface area (Å²) in [5.41, 5.74) is 6.00. The summed E-state index contributed by atoms with van der Waals surface area (Å²) in [6.45, 7) is 3.17. The predicted molar refractivity (Wildman–Crippen MR) is 67.3 cm³/mol. The molecule has 2 atom stereocenters. The number of aliphatic carboxylic acids is 1. The molecule has 0 bridgehead atoms. The van der Waals surface area contributed by atoms with E-state index in [0.717, 1.165) is 18.1 Å². The summed E-state index contributed by atoms with van der Waals surface area (Å²) in [4.78, 5) is 17.4. The van der Waals surface area contributed by atoms with E-state index in [1.54, 1.807) is 5.38 Å².